The zero-order valence-electron chi connectivity index (χ0n) is 11.1. The minimum Gasteiger partial charge on any atom is -0.378 e. The van der Waals surface area contributed by atoms with Gasteiger partial charge in [0, 0.05) is 6.61 Å². The van der Waals surface area contributed by atoms with Gasteiger partial charge in [0.1, 0.15) is 0 Å². The highest BCUT2D eigenvalue weighted by atomic mass is 16.5. The van der Waals surface area contributed by atoms with Crippen LogP contribution in [0.1, 0.15) is 58.8 Å². The standard InChI is InChI=1S/C14H29NO/c1-3-7-13(12-15-4-2)8-5-9-14-10-6-11-16-14/h13-15H,3-12H2,1-2H3. The molecule has 1 fully saturated rings. The van der Waals surface area contributed by atoms with E-state index in [1.165, 1.54) is 51.5 Å². The van der Waals surface area contributed by atoms with Crippen molar-refractivity contribution in [2.75, 3.05) is 19.7 Å². The molecule has 1 N–H and O–H groups in total. The zero-order valence-corrected chi connectivity index (χ0v) is 11.1. The molecular weight excluding hydrogens is 198 g/mol. The van der Waals surface area contributed by atoms with Crippen molar-refractivity contribution in [2.45, 2.75) is 64.9 Å². The van der Waals surface area contributed by atoms with E-state index in [1.54, 1.807) is 0 Å². The van der Waals surface area contributed by atoms with Gasteiger partial charge >= 0.3 is 0 Å². The third-order valence-corrected chi connectivity index (χ3v) is 3.54. The Balaban J connectivity index is 2.05. The van der Waals surface area contributed by atoms with Crippen molar-refractivity contribution >= 4 is 0 Å². The first-order chi connectivity index (χ1) is 7.86. The molecule has 0 bridgehead atoms. The van der Waals surface area contributed by atoms with Crippen LogP contribution in [-0.2, 0) is 4.74 Å². The van der Waals surface area contributed by atoms with Crippen LogP contribution in [0.5, 0.6) is 0 Å². The quantitative estimate of drug-likeness (QED) is 0.652. The van der Waals surface area contributed by atoms with E-state index < -0.39 is 0 Å². The lowest BCUT2D eigenvalue weighted by Crippen LogP contribution is -2.22. The van der Waals surface area contributed by atoms with Gasteiger partial charge in [-0.2, -0.15) is 0 Å². The fourth-order valence-corrected chi connectivity index (χ4v) is 2.61. The highest BCUT2D eigenvalue weighted by molar-refractivity contribution is 4.67. The molecule has 16 heavy (non-hydrogen) atoms. The van der Waals surface area contributed by atoms with Gasteiger partial charge in [0.15, 0.2) is 0 Å². The summed E-state index contributed by atoms with van der Waals surface area (Å²) in [6.45, 7) is 7.79. The SMILES string of the molecule is CCCC(CCCC1CCCO1)CNCC. The first-order valence-corrected chi connectivity index (χ1v) is 7.19. The predicted octanol–water partition coefficient (Wildman–Crippen LogP) is 3.36. The summed E-state index contributed by atoms with van der Waals surface area (Å²) in [5.41, 5.74) is 0. The van der Waals surface area contributed by atoms with E-state index in [9.17, 15) is 0 Å². The molecule has 1 aliphatic rings. The van der Waals surface area contributed by atoms with E-state index in [0.717, 1.165) is 19.1 Å². The Morgan fingerprint density at radius 2 is 2.19 bits per heavy atom. The summed E-state index contributed by atoms with van der Waals surface area (Å²) in [4.78, 5) is 0. The summed E-state index contributed by atoms with van der Waals surface area (Å²) in [5, 5.41) is 3.48. The molecule has 1 heterocycles. The molecule has 0 aromatic heterocycles. The van der Waals surface area contributed by atoms with E-state index in [-0.39, 0.29) is 0 Å². The van der Waals surface area contributed by atoms with Crippen LogP contribution < -0.4 is 5.32 Å². The van der Waals surface area contributed by atoms with Gasteiger partial charge in [-0.05, 0) is 51.1 Å². The lowest BCUT2D eigenvalue weighted by atomic mass is 9.95. The summed E-state index contributed by atoms with van der Waals surface area (Å²) in [7, 11) is 0. The first-order valence-electron chi connectivity index (χ1n) is 7.19. The second-order valence-corrected chi connectivity index (χ2v) is 5.03. The Morgan fingerprint density at radius 1 is 1.31 bits per heavy atom. The lowest BCUT2D eigenvalue weighted by molar-refractivity contribution is 0.100. The molecule has 2 atom stereocenters. The summed E-state index contributed by atoms with van der Waals surface area (Å²) < 4.78 is 5.66. The van der Waals surface area contributed by atoms with E-state index in [4.69, 9.17) is 4.74 Å². The number of rotatable bonds is 9. The van der Waals surface area contributed by atoms with Crippen LogP contribution in [0.15, 0.2) is 0 Å². The summed E-state index contributed by atoms with van der Waals surface area (Å²) in [6, 6.07) is 0. The normalized spacial score (nSPS) is 22.5. The van der Waals surface area contributed by atoms with Gasteiger partial charge in [-0.25, -0.2) is 0 Å². The lowest BCUT2D eigenvalue weighted by Gasteiger charge is -2.17. The maximum atomic E-state index is 5.66. The summed E-state index contributed by atoms with van der Waals surface area (Å²) >= 11 is 0. The number of ether oxygens (including phenoxy) is 1. The largest absolute Gasteiger partial charge is 0.378 e. The van der Waals surface area contributed by atoms with Crippen molar-refractivity contribution in [1.82, 2.24) is 5.32 Å². The molecule has 1 saturated heterocycles. The fourth-order valence-electron chi connectivity index (χ4n) is 2.61. The Bertz CT molecular complexity index is 155. The third-order valence-electron chi connectivity index (χ3n) is 3.54. The smallest absolute Gasteiger partial charge is 0.0576 e. The van der Waals surface area contributed by atoms with E-state index in [2.05, 4.69) is 19.2 Å². The molecule has 1 aliphatic heterocycles. The molecule has 0 saturated carbocycles. The molecule has 2 heteroatoms. The van der Waals surface area contributed by atoms with Gasteiger partial charge in [0.25, 0.3) is 0 Å². The Hall–Kier alpha value is -0.0800. The van der Waals surface area contributed by atoms with Gasteiger partial charge in [-0.15, -0.1) is 0 Å². The maximum Gasteiger partial charge on any atom is 0.0576 e. The van der Waals surface area contributed by atoms with E-state index >= 15 is 0 Å². The molecule has 0 radical (unpaired) electrons. The Labute approximate surface area is 101 Å². The van der Waals surface area contributed by atoms with Crippen molar-refractivity contribution in [3.8, 4) is 0 Å². The Morgan fingerprint density at radius 3 is 2.81 bits per heavy atom. The van der Waals surface area contributed by atoms with E-state index in [1.807, 2.05) is 0 Å². The van der Waals surface area contributed by atoms with Crippen molar-refractivity contribution < 1.29 is 4.74 Å². The monoisotopic (exact) mass is 227 g/mol. The second kappa shape index (κ2) is 9.00. The predicted molar refractivity (Wildman–Crippen MR) is 69.8 cm³/mol. The van der Waals surface area contributed by atoms with Gasteiger partial charge in [0.05, 0.1) is 6.10 Å². The highest BCUT2D eigenvalue weighted by Crippen LogP contribution is 2.20. The second-order valence-electron chi connectivity index (χ2n) is 5.03. The topological polar surface area (TPSA) is 21.3 Å². The fraction of sp³-hybridized carbons (Fsp3) is 1.00. The van der Waals surface area contributed by atoms with Crippen molar-refractivity contribution in [1.29, 1.82) is 0 Å². The van der Waals surface area contributed by atoms with Crippen LogP contribution >= 0.6 is 0 Å². The Kier molecular flexibility index (Phi) is 7.87. The minimum atomic E-state index is 0.585. The molecule has 0 aromatic carbocycles. The first kappa shape index (κ1) is 14.0. The molecule has 2 unspecified atom stereocenters. The van der Waals surface area contributed by atoms with Crippen LogP contribution in [0.3, 0.4) is 0 Å². The van der Waals surface area contributed by atoms with Crippen LogP contribution in [0.2, 0.25) is 0 Å². The molecule has 2 nitrogen and oxygen atoms in total. The molecule has 0 aliphatic carbocycles. The molecular formula is C14H29NO. The van der Waals surface area contributed by atoms with Crippen LogP contribution in [0, 0.1) is 5.92 Å². The van der Waals surface area contributed by atoms with Crippen molar-refractivity contribution in [3.63, 3.8) is 0 Å². The van der Waals surface area contributed by atoms with Gasteiger partial charge in [-0.3, -0.25) is 0 Å². The van der Waals surface area contributed by atoms with Gasteiger partial charge in [0.2, 0.25) is 0 Å². The number of hydrogen-bond acceptors (Lipinski definition) is 2. The molecule has 0 aromatic rings. The van der Waals surface area contributed by atoms with Crippen LogP contribution in [-0.4, -0.2) is 25.8 Å². The molecule has 0 spiro atoms. The highest BCUT2D eigenvalue weighted by Gasteiger charge is 2.15. The minimum absolute atomic E-state index is 0.585. The molecule has 1 rings (SSSR count). The average molecular weight is 227 g/mol. The van der Waals surface area contributed by atoms with Crippen LogP contribution in [0.4, 0.5) is 0 Å². The number of nitrogens with one attached hydrogen (secondary N) is 1. The van der Waals surface area contributed by atoms with E-state index in [0.29, 0.717) is 6.10 Å². The van der Waals surface area contributed by atoms with Crippen molar-refractivity contribution in [3.05, 3.63) is 0 Å². The van der Waals surface area contributed by atoms with Crippen LogP contribution in [0.25, 0.3) is 0 Å². The maximum absolute atomic E-state index is 5.66. The van der Waals surface area contributed by atoms with Gasteiger partial charge in [-0.1, -0.05) is 26.7 Å². The van der Waals surface area contributed by atoms with Crippen molar-refractivity contribution in [2.24, 2.45) is 5.92 Å². The molecule has 0 amide bonds. The average Bonchev–Trinajstić information content (AvgIpc) is 2.79. The third kappa shape index (κ3) is 5.86. The zero-order chi connectivity index (χ0) is 11.6. The summed E-state index contributed by atoms with van der Waals surface area (Å²) in [5.74, 6) is 0.881. The number of hydrogen-bond donors (Lipinski definition) is 1. The van der Waals surface area contributed by atoms with Gasteiger partial charge < -0.3 is 10.1 Å². The molecule has 96 valence electrons. The summed E-state index contributed by atoms with van der Waals surface area (Å²) in [6.07, 6.45) is 9.86.